The third kappa shape index (κ3) is 8.97. The van der Waals surface area contributed by atoms with Crippen LogP contribution in [-0.4, -0.2) is 87.5 Å². The molecule has 9 heteroatoms. The Morgan fingerprint density at radius 1 is 0.738 bits per heavy atom. The minimum absolute atomic E-state index is 0. The number of rotatable bonds is 8. The molecule has 2 aliphatic rings. The molecule has 5 rings (SSSR count). The van der Waals surface area contributed by atoms with E-state index in [1.54, 1.807) is 0 Å². The maximum absolute atomic E-state index is 12.8. The SMILES string of the molecule is O.O=C(O)C(=O)O.O=C1CCCC(c2ccccc2)N1CCCN1CCN(C(c2ccccc2)c2ccccc2)CC1. The van der Waals surface area contributed by atoms with E-state index >= 15 is 0 Å². The molecule has 3 aromatic carbocycles. The van der Waals surface area contributed by atoms with Gasteiger partial charge in [0.15, 0.2) is 0 Å². The number of benzene rings is 3. The zero-order valence-corrected chi connectivity index (χ0v) is 23.8. The highest BCUT2D eigenvalue weighted by atomic mass is 16.4. The molecule has 2 saturated heterocycles. The number of carbonyl (C=O) groups is 3. The molecule has 42 heavy (non-hydrogen) atoms. The normalized spacial score (nSPS) is 17.6. The van der Waals surface area contributed by atoms with Crippen LogP contribution in [-0.2, 0) is 14.4 Å². The van der Waals surface area contributed by atoms with Crippen LogP contribution in [0.5, 0.6) is 0 Å². The van der Waals surface area contributed by atoms with Crippen LogP contribution in [0, 0.1) is 0 Å². The number of nitrogens with zero attached hydrogens (tertiary/aromatic N) is 3. The van der Waals surface area contributed by atoms with Crippen molar-refractivity contribution in [3.05, 3.63) is 108 Å². The standard InChI is InChI=1S/C31H37N3O.C2H2O4.H2O/c35-30-19-10-18-29(26-12-4-1-5-13-26)34(30)21-11-20-32-22-24-33(25-23-32)31(27-14-6-2-7-15-27)28-16-8-3-9-17-28;3-1(4)2(5)6;/h1-9,12-17,29,31H,10-11,18-25H2;(H,3,4)(H,5,6);1H2. The summed E-state index contributed by atoms with van der Waals surface area (Å²) in [5.41, 5.74) is 4.01. The minimum atomic E-state index is -1.82. The highest BCUT2D eigenvalue weighted by Gasteiger charge is 2.30. The lowest BCUT2D eigenvalue weighted by atomic mass is 9.94. The minimum Gasteiger partial charge on any atom is -0.473 e. The summed E-state index contributed by atoms with van der Waals surface area (Å²) < 4.78 is 0. The van der Waals surface area contributed by atoms with Crippen LogP contribution in [0.2, 0.25) is 0 Å². The molecular weight excluding hydrogens is 534 g/mol. The van der Waals surface area contributed by atoms with Gasteiger partial charge in [0, 0.05) is 39.1 Å². The van der Waals surface area contributed by atoms with E-state index in [1.165, 1.54) is 16.7 Å². The van der Waals surface area contributed by atoms with Gasteiger partial charge < -0.3 is 25.5 Å². The van der Waals surface area contributed by atoms with Gasteiger partial charge in [0.1, 0.15) is 0 Å². The highest BCUT2D eigenvalue weighted by molar-refractivity contribution is 6.27. The van der Waals surface area contributed by atoms with E-state index in [0.29, 0.717) is 18.4 Å². The van der Waals surface area contributed by atoms with Gasteiger partial charge in [-0.2, -0.15) is 0 Å². The van der Waals surface area contributed by atoms with E-state index in [9.17, 15) is 4.79 Å². The molecule has 2 aliphatic heterocycles. The molecule has 0 saturated carbocycles. The van der Waals surface area contributed by atoms with Crippen molar-refractivity contribution in [1.29, 1.82) is 0 Å². The maximum atomic E-state index is 12.8. The maximum Gasteiger partial charge on any atom is 0.414 e. The van der Waals surface area contributed by atoms with Gasteiger partial charge in [-0.1, -0.05) is 91.0 Å². The molecule has 224 valence electrons. The van der Waals surface area contributed by atoms with Crippen LogP contribution in [0.1, 0.15) is 54.5 Å². The number of aliphatic carboxylic acids is 2. The smallest absolute Gasteiger partial charge is 0.414 e. The van der Waals surface area contributed by atoms with E-state index in [-0.39, 0.29) is 11.5 Å². The van der Waals surface area contributed by atoms with Crippen molar-refractivity contribution in [2.75, 3.05) is 39.3 Å². The summed E-state index contributed by atoms with van der Waals surface area (Å²) in [6, 6.07) is 32.9. The fraction of sp³-hybridized carbons (Fsp3) is 0.364. The summed E-state index contributed by atoms with van der Waals surface area (Å²) in [6.07, 6.45) is 3.81. The highest BCUT2D eigenvalue weighted by Crippen LogP contribution is 2.32. The fourth-order valence-corrected chi connectivity index (χ4v) is 5.82. The van der Waals surface area contributed by atoms with Crippen molar-refractivity contribution < 1.29 is 30.1 Å². The number of amides is 1. The number of piperidine rings is 1. The second kappa shape index (κ2) is 16.4. The Morgan fingerprint density at radius 2 is 1.24 bits per heavy atom. The van der Waals surface area contributed by atoms with Gasteiger partial charge in [0.25, 0.3) is 0 Å². The average molecular weight is 576 g/mol. The number of piperazine rings is 1. The molecule has 3 aromatic rings. The van der Waals surface area contributed by atoms with Gasteiger partial charge in [-0.25, -0.2) is 9.59 Å². The van der Waals surface area contributed by atoms with Crippen molar-refractivity contribution in [2.24, 2.45) is 0 Å². The Balaban J connectivity index is 0.000000628. The molecule has 0 bridgehead atoms. The Hall–Kier alpha value is -4.05. The summed E-state index contributed by atoms with van der Waals surface area (Å²) in [5.74, 6) is -3.33. The molecule has 2 fully saturated rings. The lowest BCUT2D eigenvalue weighted by Crippen LogP contribution is -2.48. The third-order valence-electron chi connectivity index (χ3n) is 7.81. The quantitative estimate of drug-likeness (QED) is 0.390. The van der Waals surface area contributed by atoms with Crippen molar-refractivity contribution in [3.63, 3.8) is 0 Å². The van der Waals surface area contributed by atoms with Crippen LogP contribution >= 0.6 is 0 Å². The van der Waals surface area contributed by atoms with E-state index in [4.69, 9.17) is 19.8 Å². The van der Waals surface area contributed by atoms with Gasteiger partial charge in [0.2, 0.25) is 5.91 Å². The molecule has 0 spiro atoms. The zero-order chi connectivity index (χ0) is 29.0. The topological polar surface area (TPSA) is 133 Å². The predicted molar refractivity (Wildman–Crippen MR) is 161 cm³/mol. The number of carboxylic acids is 2. The molecule has 9 nitrogen and oxygen atoms in total. The van der Waals surface area contributed by atoms with Gasteiger partial charge in [-0.05, 0) is 42.5 Å². The first-order valence-corrected chi connectivity index (χ1v) is 14.3. The predicted octanol–water partition coefficient (Wildman–Crippen LogP) is 3.87. The van der Waals surface area contributed by atoms with Gasteiger partial charge >= 0.3 is 11.9 Å². The van der Waals surface area contributed by atoms with Gasteiger partial charge in [-0.3, -0.25) is 9.69 Å². The number of hydrogen-bond donors (Lipinski definition) is 2. The largest absolute Gasteiger partial charge is 0.473 e. The van der Waals surface area contributed by atoms with Crippen molar-refractivity contribution >= 4 is 17.8 Å². The Labute approximate surface area is 247 Å². The molecule has 2 heterocycles. The van der Waals surface area contributed by atoms with E-state index < -0.39 is 11.9 Å². The molecule has 0 radical (unpaired) electrons. The van der Waals surface area contributed by atoms with Crippen LogP contribution in [0.15, 0.2) is 91.0 Å². The van der Waals surface area contributed by atoms with Gasteiger partial charge in [0.05, 0.1) is 12.1 Å². The lowest BCUT2D eigenvalue weighted by molar-refractivity contribution is -0.159. The summed E-state index contributed by atoms with van der Waals surface area (Å²) in [4.78, 5) is 38.3. The van der Waals surface area contributed by atoms with E-state index in [0.717, 1.165) is 58.5 Å². The molecule has 1 amide bonds. The monoisotopic (exact) mass is 575 g/mol. The van der Waals surface area contributed by atoms with Gasteiger partial charge in [-0.15, -0.1) is 0 Å². The van der Waals surface area contributed by atoms with Crippen LogP contribution in [0.4, 0.5) is 0 Å². The Morgan fingerprint density at radius 3 is 1.74 bits per heavy atom. The Kier molecular flexibility index (Phi) is 12.7. The van der Waals surface area contributed by atoms with E-state index in [1.807, 2.05) is 0 Å². The van der Waals surface area contributed by atoms with Crippen molar-refractivity contribution in [1.82, 2.24) is 14.7 Å². The molecule has 1 atom stereocenters. The first kappa shape index (κ1) is 32.5. The molecule has 0 aromatic heterocycles. The van der Waals surface area contributed by atoms with Crippen LogP contribution in [0.25, 0.3) is 0 Å². The molecular formula is C33H41N3O6. The van der Waals surface area contributed by atoms with Crippen molar-refractivity contribution in [2.45, 2.75) is 37.8 Å². The second-order valence-corrected chi connectivity index (χ2v) is 10.5. The summed E-state index contributed by atoms with van der Waals surface area (Å²) in [5, 5.41) is 14.8. The Bertz CT molecular complexity index is 1200. The average Bonchev–Trinajstić information content (AvgIpc) is 3.01. The first-order chi connectivity index (χ1) is 19.9. The fourth-order valence-electron chi connectivity index (χ4n) is 5.82. The van der Waals surface area contributed by atoms with Crippen LogP contribution < -0.4 is 0 Å². The summed E-state index contributed by atoms with van der Waals surface area (Å²) in [7, 11) is 0. The number of carbonyl (C=O) groups excluding carboxylic acids is 1. The second-order valence-electron chi connectivity index (χ2n) is 10.5. The molecule has 0 aliphatic carbocycles. The van der Waals surface area contributed by atoms with Crippen molar-refractivity contribution in [3.8, 4) is 0 Å². The third-order valence-corrected chi connectivity index (χ3v) is 7.81. The molecule has 1 unspecified atom stereocenters. The van der Waals surface area contributed by atoms with Crippen LogP contribution in [0.3, 0.4) is 0 Å². The summed E-state index contributed by atoms with van der Waals surface area (Å²) in [6.45, 7) is 6.18. The number of likely N-dealkylation sites (tertiary alicyclic amines) is 1. The zero-order valence-electron chi connectivity index (χ0n) is 23.8. The number of carboxylic acid groups (broad SMARTS) is 2. The molecule has 4 N–H and O–H groups in total. The number of hydrogen-bond acceptors (Lipinski definition) is 5. The lowest BCUT2D eigenvalue weighted by Gasteiger charge is -2.40. The van der Waals surface area contributed by atoms with E-state index in [2.05, 4.69) is 106 Å². The summed E-state index contributed by atoms with van der Waals surface area (Å²) >= 11 is 0. The first-order valence-electron chi connectivity index (χ1n) is 14.3.